The van der Waals surface area contributed by atoms with Gasteiger partial charge < -0.3 is 15.3 Å². The van der Waals surface area contributed by atoms with Gasteiger partial charge in [0, 0.05) is 23.2 Å². The van der Waals surface area contributed by atoms with Crippen LogP contribution in [0.4, 0.5) is 0 Å². The van der Waals surface area contributed by atoms with E-state index in [9.17, 15) is 14.7 Å². The van der Waals surface area contributed by atoms with Gasteiger partial charge in [0.1, 0.15) is 6.04 Å². The van der Waals surface area contributed by atoms with Crippen LogP contribution in [0.15, 0.2) is 48.5 Å². The van der Waals surface area contributed by atoms with E-state index < -0.39 is 24.0 Å². The summed E-state index contributed by atoms with van der Waals surface area (Å²) in [5.41, 5.74) is 4.57. The van der Waals surface area contributed by atoms with Crippen LogP contribution in [0.2, 0.25) is 0 Å². The molecule has 2 rings (SSSR count). The molecule has 0 saturated heterocycles. The van der Waals surface area contributed by atoms with Gasteiger partial charge in [-0.3, -0.25) is 14.8 Å². The Morgan fingerprint density at radius 1 is 1.00 bits per heavy atom. The highest BCUT2D eigenvalue weighted by atomic mass is 16.5. The molecular weight excluding hydrogens is 370 g/mol. The SMILES string of the molecule is C[C@H](O)[C@H](NC(=O)c1ccc(C#Cc2ccc(CN(C)C)cc2)cc1)C(=O)NO. The van der Waals surface area contributed by atoms with Crippen LogP contribution in [0.25, 0.3) is 0 Å². The molecule has 29 heavy (non-hydrogen) atoms. The molecule has 0 radical (unpaired) electrons. The van der Waals surface area contributed by atoms with E-state index in [2.05, 4.69) is 22.1 Å². The van der Waals surface area contributed by atoms with E-state index >= 15 is 0 Å². The topological polar surface area (TPSA) is 102 Å². The number of benzene rings is 2. The van der Waals surface area contributed by atoms with E-state index in [0.29, 0.717) is 5.56 Å². The van der Waals surface area contributed by atoms with Crippen molar-refractivity contribution in [3.63, 3.8) is 0 Å². The number of aliphatic hydroxyl groups excluding tert-OH is 1. The van der Waals surface area contributed by atoms with Gasteiger partial charge in [-0.05, 0) is 63.0 Å². The fourth-order valence-corrected chi connectivity index (χ4v) is 2.61. The van der Waals surface area contributed by atoms with Crippen LogP contribution in [0.3, 0.4) is 0 Å². The molecule has 0 fully saturated rings. The average molecular weight is 395 g/mol. The molecule has 0 spiro atoms. The van der Waals surface area contributed by atoms with Crippen LogP contribution in [0, 0.1) is 11.8 Å². The summed E-state index contributed by atoms with van der Waals surface area (Å²) in [5.74, 6) is 4.68. The van der Waals surface area contributed by atoms with Gasteiger partial charge in [0.25, 0.3) is 11.8 Å². The van der Waals surface area contributed by atoms with Gasteiger partial charge in [-0.25, -0.2) is 5.48 Å². The van der Waals surface area contributed by atoms with Crippen molar-refractivity contribution < 1.29 is 19.9 Å². The number of hydrogen-bond acceptors (Lipinski definition) is 5. The first-order valence-electron chi connectivity index (χ1n) is 9.09. The lowest BCUT2D eigenvalue weighted by Crippen LogP contribution is -2.51. The number of nitrogens with zero attached hydrogens (tertiary/aromatic N) is 1. The number of amides is 2. The molecule has 4 N–H and O–H groups in total. The lowest BCUT2D eigenvalue weighted by molar-refractivity contribution is -0.133. The number of aliphatic hydroxyl groups is 1. The van der Waals surface area contributed by atoms with Crippen LogP contribution >= 0.6 is 0 Å². The zero-order chi connectivity index (χ0) is 21.4. The number of hydrogen-bond donors (Lipinski definition) is 4. The fourth-order valence-electron chi connectivity index (χ4n) is 2.61. The van der Waals surface area contributed by atoms with Crippen molar-refractivity contribution in [1.82, 2.24) is 15.7 Å². The number of hydroxylamine groups is 1. The average Bonchev–Trinajstić information content (AvgIpc) is 2.70. The summed E-state index contributed by atoms with van der Waals surface area (Å²) in [5, 5.41) is 20.7. The Balaban J connectivity index is 2.04. The van der Waals surface area contributed by atoms with Gasteiger partial charge in [0.15, 0.2) is 0 Å². The van der Waals surface area contributed by atoms with Crippen molar-refractivity contribution in [3.8, 4) is 11.8 Å². The second kappa shape index (κ2) is 10.4. The van der Waals surface area contributed by atoms with Crippen molar-refractivity contribution in [2.75, 3.05) is 14.1 Å². The molecule has 0 saturated carbocycles. The van der Waals surface area contributed by atoms with E-state index in [1.54, 1.807) is 24.3 Å². The molecule has 2 aromatic carbocycles. The van der Waals surface area contributed by atoms with Crippen molar-refractivity contribution in [2.45, 2.75) is 25.6 Å². The van der Waals surface area contributed by atoms with Gasteiger partial charge >= 0.3 is 0 Å². The molecule has 2 atom stereocenters. The Morgan fingerprint density at radius 3 is 1.97 bits per heavy atom. The minimum atomic E-state index is -1.26. The Kier molecular flexibility index (Phi) is 7.92. The molecule has 2 aromatic rings. The highest BCUT2D eigenvalue weighted by Gasteiger charge is 2.25. The molecule has 152 valence electrons. The second-order valence-electron chi connectivity index (χ2n) is 6.93. The first-order chi connectivity index (χ1) is 13.8. The molecule has 0 heterocycles. The number of nitrogens with one attached hydrogen (secondary N) is 2. The molecule has 0 bridgehead atoms. The highest BCUT2D eigenvalue weighted by molar-refractivity contribution is 5.97. The summed E-state index contributed by atoms with van der Waals surface area (Å²) >= 11 is 0. The minimum Gasteiger partial charge on any atom is -0.391 e. The van der Waals surface area contributed by atoms with Gasteiger partial charge in [0.2, 0.25) is 0 Å². The van der Waals surface area contributed by atoms with E-state index in [1.165, 1.54) is 18.0 Å². The first kappa shape index (κ1) is 22.1. The summed E-state index contributed by atoms with van der Waals surface area (Å²) < 4.78 is 0. The van der Waals surface area contributed by atoms with Crippen molar-refractivity contribution in [1.29, 1.82) is 0 Å². The van der Waals surface area contributed by atoms with Crippen molar-refractivity contribution in [2.24, 2.45) is 0 Å². The second-order valence-corrected chi connectivity index (χ2v) is 6.93. The molecule has 7 nitrogen and oxygen atoms in total. The number of carbonyl (C=O) groups is 2. The standard InChI is InChI=1S/C22H25N3O4/c1-15(26)20(22(28)24-29)23-21(27)19-12-10-17(11-13-19)5-4-16-6-8-18(9-7-16)14-25(2)3/h6-13,15,20,26,29H,14H2,1-3H3,(H,23,27)(H,24,28)/t15-,20-/m0/s1. The minimum absolute atomic E-state index is 0.306. The summed E-state index contributed by atoms with van der Waals surface area (Å²) in [6.45, 7) is 2.21. The van der Waals surface area contributed by atoms with E-state index in [4.69, 9.17) is 5.21 Å². The summed E-state index contributed by atoms with van der Waals surface area (Å²) in [4.78, 5) is 25.9. The lowest BCUT2D eigenvalue weighted by Gasteiger charge is -2.19. The molecule has 0 aromatic heterocycles. The van der Waals surface area contributed by atoms with E-state index in [0.717, 1.165) is 17.7 Å². The van der Waals surface area contributed by atoms with Crippen LogP contribution in [0.5, 0.6) is 0 Å². The Labute approximate surface area is 170 Å². The van der Waals surface area contributed by atoms with Crippen LogP contribution in [0.1, 0.15) is 34.0 Å². The molecule has 2 amide bonds. The van der Waals surface area contributed by atoms with E-state index in [-0.39, 0.29) is 0 Å². The van der Waals surface area contributed by atoms with E-state index in [1.807, 2.05) is 38.4 Å². The smallest absolute Gasteiger partial charge is 0.268 e. The molecule has 0 aliphatic heterocycles. The highest BCUT2D eigenvalue weighted by Crippen LogP contribution is 2.07. The fraction of sp³-hybridized carbons (Fsp3) is 0.273. The maximum absolute atomic E-state index is 12.3. The maximum Gasteiger partial charge on any atom is 0.268 e. The first-order valence-corrected chi connectivity index (χ1v) is 9.09. The third kappa shape index (κ3) is 6.73. The van der Waals surface area contributed by atoms with Crippen molar-refractivity contribution >= 4 is 11.8 Å². The lowest BCUT2D eigenvalue weighted by atomic mass is 10.1. The summed E-state index contributed by atoms with van der Waals surface area (Å²) in [6.07, 6.45) is -1.17. The number of rotatable bonds is 6. The Hall–Kier alpha value is -3.18. The van der Waals surface area contributed by atoms with Gasteiger partial charge in [-0.15, -0.1) is 0 Å². The maximum atomic E-state index is 12.3. The molecule has 0 aliphatic carbocycles. The predicted octanol–water partition coefficient (Wildman–Crippen LogP) is 1.13. The van der Waals surface area contributed by atoms with Gasteiger partial charge in [0.05, 0.1) is 6.10 Å². The Morgan fingerprint density at radius 2 is 1.52 bits per heavy atom. The summed E-state index contributed by atoms with van der Waals surface area (Å²) in [6, 6.07) is 13.3. The zero-order valence-corrected chi connectivity index (χ0v) is 16.6. The van der Waals surface area contributed by atoms with Crippen LogP contribution in [-0.2, 0) is 11.3 Å². The zero-order valence-electron chi connectivity index (χ0n) is 16.6. The normalized spacial score (nSPS) is 12.5. The summed E-state index contributed by atoms with van der Waals surface area (Å²) in [7, 11) is 4.03. The van der Waals surface area contributed by atoms with Gasteiger partial charge in [-0.2, -0.15) is 0 Å². The molecule has 0 unspecified atom stereocenters. The third-order valence-corrected chi connectivity index (χ3v) is 4.11. The molecule has 7 heteroatoms. The molecule has 0 aliphatic rings. The quantitative estimate of drug-likeness (QED) is 0.334. The predicted molar refractivity (Wildman–Crippen MR) is 109 cm³/mol. The van der Waals surface area contributed by atoms with Gasteiger partial charge in [-0.1, -0.05) is 24.0 Å². The third-order valence-electron chi connectivity index (χ3n) is 4.11. The monoisotopic (exact) mass is 395 g/mol. The van der Waals surface area contributed by atoms with Crippen molar-refractivity contribution in [3.05, 3.63) is 70.8 Å². The van der Waals surface area contributed by atoms with Crippen LogP contribution < -0.4 is 10.8 Å². The Bertz CT molecular complexity index is 894. The molecular formula is C22H25N3O4. The van der Waals surface area contributed by atoms with Crippen LogP contribution in [-0.4, -0.2) is 53.3 Å². The number of carbonyl (C=O) groups excluding carboxylic acids is 2. The largest absolute Gasteiger partial charge is 0.391 e.